The van der Waals surface area contributed by atoms with Gasteiger partial charge in [0.15, 0.2) is 0 Å². The number of esters is 1. The van der Waals surface area contributed by atoms with Crippen LogP contribution in [0.2, 0.25) is 0 Å². The zero-order valence-corrected chi connectivity index (χ0v) is 15.7. The number of aromatic nitrogens is 1. The van der Waals surface area contributed by atoms with Gasteiger partial charge in [-0.05, 0) is 56.7 Å². The monoisotopic (exact) mass is 359 g/mol. The van der Waals surface area contributed by atoms with Gasteiger partial charge in [0.25, 0.3) is 0 Å². The summed E-state index contributed by atoms with van der Waals surface area (Å²) in [5, 5.41) is 0. The Bertz CT molecular complexity index is 620. The number of carbonyl (C=O) groups is 2. The van der Waals surface area contributed by atoms with Gasteiger partial charge in [-0.2, -0.15) is 0 Å². The van der Waals surface area contributed by atoms with Crippen LogP contribution in [0.3, 0.4) is 0 Å². The van der Waals surface area contributed by atoms with Crippen molar-refractivity contribution in [3.63, 3.8) is 0 Å². The second-order valence-corrected chi connectivity index (χ2v) is 7.12. The third-order valence-electron chi connectivity index (χ3n) is 5.34. The number of aryl methyl sites for hydroxylation is 1. The summed E-state index contributed by atoms with van der Waals surface area (Å²) in [6, 6.07) is 4.12. The van der Waals surface area contributed by atoms with Crippen molar-refractivity contribution < 1.29 is 14.3 Å². The lowest BCUT2D eigenvalue weighted by molar-refractivity contribution is -0.151. The minimum absolute atomic E-state index is 0.0535. The third-order valence-corrected chi connectivity index (χ3v) is 5.34. The van der Waals surface area contributed by atoms with Crippen molar-refractivity contribution in [3.05, 3.63) is 23.9 Å². The van der Waals surface area contributed by atoms with Crippen LogP contribution in [0.1, 0.15) is 44.6 Å². The maximum atomic E-state index is 12.5. The number of pyridine rings is 1. The van der Waals surface area contributed by atoms with E-state index in [0.717, 1.165) is 30.9 Å². The first-order valence-corrected chi connectivity index (χ1v) is 9.81. The number of hydrogen-bond acceptors (Lipinski definition) is 5. The molecule has 0 atom stereocenters. The van der Waals surface area contributed by atoms with E-state index in [-0.39, 0.29) is 17.8 Å². The first kappa shape index (κ1) is 18.7. The van der Waals surface area contributed by atoms with E-state index < -0.39 is 0 Å². The average molecular weight is 359 g/mol. The normalized spacial score (nSPS) is 18.2. The molecule has 1 aromatic heterocycles. The molecule has 6 heteroatoms. The molecule has 1 aromatic rings. The van der Waals surface area contributed by atoms with Gasteiger partial charge in [-0.25, -0.2) is 4.98 Å². The predicted octanol–water partition coefficient (Wildman–Crippen LogP) is 2.42. The predicted molar refractivity (Wildman–Crippen MR) is 99.9 cm³/mol. The summed E-state index contributed by atoms with van der Waals surface area (Å²) in [5.41, 5.74) is 1.16. The lowest BCUT2D eigenvalue weighted by Gasteiger charge is -2.31. The van der Waals surface area contributed by atoms with E-state index >= 15 is 0 Å². The van der Waals surface area contributed by atoms with E-state index in [4.69, 9.17) is 4.74 Å². The molecule has 0 aliphatic carbocycles. The van der Waals surface area contributed by atoms with Crippen LogP contribution < -0.4 is 4.90 Å². The summed E-state index contributed by atoms with van der Waals surface area (Å²) >= 11 is 0. The van der Waals surface area contributed by atoms with Crippen molar-refractivity contribution in [2.75, 3.05) is 37.7 Å². The fourth-order valence-corrected chi connectivity index (χ4v) is 3.77. The number of nitrogens with zero attached hydrogens (tertiary/aromatic N) is 3. The van der Waals surface area contributed by atoms with Gasteiger partial charge in [0.1, 0.15) is 5.82 Å². The Morgan fingerprint density at radius 1 is 1.19 bits per heavy atom. The second-order valence-electron chi connectivity index (χ2n) is 7.12. The highest BCUT2D eigenvalue weighted by Crippen LogP contribution is 2.21. The standard InChI is InChI=1S/C20H29N3O3/c1-2-26-20(25)17-8-13-23(14-9-17)19(24)6-5-16-7-10-21-18(15-16)22-11-3-4-12-22/h7,10,15,17H,2-6,8-9,11-14H2,1H3. The zero-order valence-electron chi connectivity index (χ0n) is 15.7. The van der Waals surface area contributed by atoms with E-state index in [0.29, 0.717) is 39.0 Å². The highest BCUT2D eigenvalue weighted by atomic mass is 16.5. The van der Waals surface area contributed by atoms with Crippen LogP contribution >= 0.6 is 0 Å². The zero-order chi connectivity index (χ0) is 18.4. The molecule has 0 radical (unpaired) electrons. The van der Waals surface area contributed by atoms with Gasteiger partial charge in [-0.3, -0.25) is 9.59 Å². The molecule has 0 unspecified atom stereocenters. The number of hydrogen-bond donors (Lipinski definition) is 0. The Labute approximate surface area is 155 Å². The number of piperidine rings is 1. The maximum absolute atomic E-state index is 12.5. The largest absolute Gasteiger partial charge is 0.466 e. The number of rotatable bonds is 6. The van der Waals surface area contributed by atoms with Gasteiger partial charge >= 0.3 is 5.97 Å². The summed E-state index contributed by atoms with van der Waals surface area (Å²) < 4.78 is 5.08. The van der Waals surface area contributed by atoms with Gasteiger partial charge in [0.2, 0.25) is 5.91 Å². The van der Waals surface area contributed by atoms with Crippen LogP contribution in [0.4, 0.5) is 5.82 Å². The SMILES string of the molecule is CCOC(=O)C1CCN(C(=O)CCc2ccnc(N3CCCC3)c2)CC1. The van der Waals surface area contributed by atoms with Crippen molar-refractivity contribution in [1.82, 2.24) is 9.88 Å². The van der Waals surface area contributed by atoms with E-state index in [1.807, 2.05) is 24.1 Å². The fraction of sp³-hybridized carbons (Fsp3) is 0.650. The molecule has 3 heterocycles. The molecular formula is C20H29N3O3. The van der Waals surface area contributed by atoms with Crippen molar-refractivity contribution in [3.8, 4) is 0 Å². The van der Waals surface area contributed by atoms with Crippen molar-refractivity contribution in [2.24, 2.45) is 5.92 Å². The number of amides is 1. The molecule has 6 nitrogen and oxygen atoms in total. The van der Waals surface area contributed by atoms with Gasteiger partial charge in [0.05, 0.1) is 12.5 Å². The van der Waals surface area contributed by atoms with E-state index in [1.165, 1.54) is 12.8 Å². The van der Waals surface area contributed by atoms with Crippen LogP contribution in [0.25, 0.3) is 0 Å². The second kappa shape index (κ2) is 9.01. The summed E-state index contributed by atoms with van der Waals surface area (Å²) in [6.45, 7) is 5.69. The third kappa shape index (κ3) is 4.74. The Hall–Kier alpha value is -2.11. The van der Waals surface area contributed by atoms with Crippen LogP contribution in [-0.2, 0) is 20.7 Å². The van der Waals surface area contributed by atoms with Gasteiger partial charge in [-0.1, -0.05) is 0 Å². The highest BCUT2D eigenvalue weighted by Gasteiger charge is 2.27. The van der Waals surface area contributed by atoms with Crippen molar-refractivity contribution in [1.29, 1.82) is 0 Å². The summed E-state index contributed by atoms with van der Waals surface area (Å²) in [4.78, 5) is 33.0. The minimum atomic E-state index is -0.120. The van der Waals surface area contributed by atoms with E-state index in [2.05, 4.69) is 16.0 Å². The molecule has 3 rings (SSSR count). The molecule has 0 aromatic carbocycles. The molecule has 2 aliphatic rings. The van der Waals surface area contributed by atoms with E-state index in [1.54, 1.807) is 0 Å². The minimum Gasteiger partial charge on any atom is -0.466 e. The molecule has 2 saturated heterocycles. The number of ether oxygens (including phenoxy) is 1. The summed E-state index contributed by atoms with van der Waals surface area (Å²) in [7, 11) is 0. The molecule has 0 spiro atoms. The summed E-state index contributed by atoms with van der Waals surface area (Å²) in [5.74, 6) is 1.03. The van der Waals surface area contributed by atoms with Crippen molar-refractivity contribution >= 4 is 17.7 Å². The molecule has 2 aliphatic heterocycles. The first-order valence-electron chi connectivity index (χ1n) is 9.81. The number of likely N-dealkylation sites (tertiary alicyclic amines) is 1. The molecule has 26 heavy (non-hydrogen) atoms. The lowest BCUT2D eigenvalue weighted by atomic mass is 9.96. The fourth-order valence-electron chi connectivity index (χ4n) is 3.77. The van der Waals surface area contributed by atoms with Crippen LogP contribution in [-0.4, -0.2) is 54.5 Å². The molecule has 142 valence electrons. The Morgan fingerprint density at radius 2 is 1.92 bits per heavy atom. The molecule has 1 amide bonds. The van der Waals surface area contributed by atoms with Gasteiger partial charge in [-0.15, -0.1) is 0 Å². The van der Waals surface area contributed by atoms with Crippen LogP contribution in [0.5, 0.6) is 0 Å². The summed E-state index contributed by atoms with van der Waals surface area (Å²) in [6.07, 6.45) is 6.96. The number of anilines is 1. The molecular weight excluding hydrogens is 330 g/mol. The van der Waals surface area contributed by atoms with Crippen LogP contribution in [0.15, 0.2) is 18.3 Å². The molecule has 0 N–H and O–H groups in total. The average Bonchev–Trinajstić information content (AvgIpc) is 3.21. The Kier molecular flexibility index (Phi) is 6.47. The quantitative estimate of drug-likeness (QED) is 0.730. The first-order chi connectivity index (χ1) is 12.7. The Balaban J connectivity index is 1.46. The maximum Gasteiger partial charge on any atom is 0.309 e. The Morgan fingerprint density at radius 3 is 2.62 bits per heavy atom. The molecule has 0 bridgehead atoms. The van der Waals surface area contributed by atoms with Crippen molar-refractivity contribution in [2.45, 2.75) is 45.4 Å². The topological polar surface area (TPSA) is 62.7 Å². The molecule has 2 fully saturated rings. The van der Waals surface area contributed by atoms with Gasteiger partial charge in [0, 0.05) is 38.8 Å². The smallest absolute Gasteiger partial charge is 0.309 e. The highest BCUT2D eigenvalue weighted by molar-refractivity contribution is 5.77. The van der Waals surface area contributed by atoms with Gasteiger partial charge < -0.3 is 14.5 Å². The molecule has 0 saturated carbocycles. The van der Waals surface area contributed by atoms with E-state index in [9.17, 15) is 9.59 Å². The van der Waals surface area contributed by atoms with Crippen LogP contribution in [0, 0.1) is 5.92 Å². The lowest BCUT2D eigenvalue weighted by Crippen LogP contribution is -2.40. The number of carbonyl (C=O) groups excluding carboxylic acids is 2.